The fraction of sp³-hybridized carbons (Fsp3) is 0.125. The van der Waals surface area contributed by atoms with Crippen LogP contribution in [-0.4, -0.2) is 25.4 Å². The largest absolute Gasteiger partial charge is 0.325 e. The fourth-order valence-electron chi connectivity index (χ4n) is 3.35. The van der Waals surface area contributed by atoms with E-state index in [9.17, 15) is 4.79 Å². The van der Waals surface area contributed by atoms with E-state index in [-0.39, 0.29) is 5.91 Å². The molecule has 0 radical (unpaired) electrons. The molecule has 5 nitrogen and oxygen atoms in total. The van der Waals surface area contributed by atoms with Gasteiger partial charge in [0.1, 0.15) is 4.75 Å². The first kappa shape index (κ1) is 18.6. The molecule has 0 unspecified atom stereocenters. The Hall–Kier alpha value is -3.38. The molecule has 3 aromatic carbocycles. The van der Waals surface area contributed by atoms with E-state index in [0.29, 0.717) is 0 Å². The Morgan fingerprint density at radius 2 is 1.43 bits per heavy atom. The van der Waals surface area contributed by atoms with Gasteiger partial charge in [0.2, 0.25) is 5.91 Å². The molecule has 0 saturated heterocycles. The number of aromatic nitrogens is 3. The van der Waals surface area contributed by atoms with Crippen molar-refractivity contribution in [3.8, 4) is 17.1 Å². The zero-order valence-electron chi connectivity index (χ0n) is 16.2. The number of carbonyl (C=O) groups excluding carboxylic acids is 1. The molecule has 1 aromatic heterocycles. The third-order valence-electron chi connectivity index (χ3n) is 5.12. The first-order valence-corrected chi connectivity index (χ1v) is 10.7. The molecule has 148 valence electrons. The summed E-state index contributed by atoms with van der Waals surface area (Å²) in [6.45, 7) is 0. The molecule has 1 amide bonds. The van der Waals surface area contributed by atoms with Gasteiger partial charge in [-0.15, -0.1) is 10.2 Å². The van der Waals surface area contributed by atoms with Crippen LogP contribution < -0.4 is 5.32 Å². The van der Waals surface area contributed by atoms with E-state index >= 15 is 0 Å². The number of hydrogen-bond acceptors (Lipinski definition) is 4. The minimum absolute atomic E-state index is 0.0163. The minimum atomic E-state index is -0.511. The molecule has 0 spiro atoms. The summed E-state index contributed by atoms with van der Waals surface area (Å²) in [5.41, 5.74) is 2.77. The van der Waals surface area contributed by atoms with Crippen LogP contribution in [0.2, 0.25) is 0 Å². The summed E-state index contributed by atoms with van der Waals surface area (Å²) in [5, 5.41) is 12.7. The second-order valence-electron chi connectivity index (χ2n) is 7.26. The van der Waals surface area contributed by atoms with E-state index in [4.69, 9.17) is 0 Å². The Bertz CT molecular complexity index is 1160. The molecule has 30 heavy (non-hydrogen) atoms. The Labute approximate surface area is 179 Å². The van der Waals surface area contributed by atoms with Crippen LogP contribution in [0.25, 0.3) is 17.1 Å². The molecule has 1 heterocycles. The van der Waals surface area contributed by atoms with Gasteiger partial charge in [-0.3, -0.25) is 9.36 Å². The number of rotatable bonds is 6. The van der Waals surface area contributed by atoms with Crippen molar-refractivity contribution in [2.75, 3.05) is 5.32 Å². The molecular weight excluding hydrogens is 392 g/mol. The first-order chi connectivity index (χ1) is 14.8. The molecular formula is C24H20N4OS. The molecule has 1 N–H and O–H groups in total. The highest BCUT2D eigenvalue weighted by atomic mass is 32.2. The van der Waals surface area contributed by atoms with Gasteiger partial charge < -0.3 is 5.32 Å². The summed E-state index contributed by atoms with van der Waals surface area (Å²) >= 11 is 1.50. The standard InChI is InChI=1S/C24H20N4OS/c29-22(25-19-12-6-2-7-13-19)24(16-17-24)30-23-27-26-21(18-10-4-1-5-11-18)28(23)20-14-8-3-9-15-20/h1-15H,16-17H2,(H,25,29). The lowest BCUT2D eigenvalue weighted by Crippen LogP contribution is -2.27. The monoisotopic (exact) mass is 412 g/mol. The van der Waals surface area contributed by atoms with Crippen molar-refractivity contribution in [1.29, 1.82) is 0 Å². The zero-order chi connectivity index (χ0) is 20.4. The number of nitrogens with zero attached hydrogens (tertiary/aromatic N) is 3. The predicted molar refractivity (Wildman–Crippen MR) is 120 cm³/mol. The smallest absolute Gasteiger partial charge is 0.241 e. The van der Waals surface area contributed by atoms with Gasteiger partial charge in [-0.1, -0.05) is 78.5 Å². The first-order valence-electron chi connectivity index (χ1n) is 9.87. The van der Waals surface area contributed by atoms with Gasteiger partial charge in [0.05, 0.1) is 0 Å². The Kier molecular flexibility index (Phi) is 4.85. The lowest BCUT2D eigenvalue weighted by Gasteiger charge is -2.16. The summed E-state index contributed by atoms with van der Waals surface area (Å²) in [5.74, 6) is 0.783. The van der Waals surface area contributed by atoms with Crippen molar-refractivity contribution >= 4 is 23.4 Å². The van der Waals surface area contributed by atoms with E-state index in [1.54, 1.807) is 0 Å². The van der Waals surface area contributed by atoms with E-state index in [2.05, 4.69) is 15.5 Å². The van der Waals surface area contributed by atoms with E-state index in [1.807, 2.05) is 95.6 Å². The number of anilines is 1. The summed E-state index contributed by atoms with van der Waals surface area (Å²) < 4.78 is 1.53. The fourth-order valence-corrected chi connectivity index (χ4v) is 4.51. The second-order valence-corrected chi connectivity index (χ2v) is 8.61. The summed E-state index contributed by atoms with van der Waals surface area (Å²) in [4.78, 5) is 13.0. The average molecular weight is 413 g/mol. The number of thioether (sulfide) groups is 1. The van der Waals surface area contributed by atoms with Crippen LogP contribution in [0.1, 0.15) is 12.8 Å². The highest BCUT2D eigenvalue weighted by Gasteiger charge is 2.52. The number of nitrogens with one attached hydrogen (secondary N) is 1. The third-order valence-corrected chi connectivity index (χ3v) is 6.55. The van der Waals surface area contributed by atoms with Gasteiger partial charge in [0.25, 0.3) is 0 Å². The van der Waals surface area contributed by atoms with Gasteiger partial charge in [-0.05, 0) is 37.1 Å². The molecule has 4 aromatic rings. The molecule has 1 saturated carbocycles. The highest BCUT2D eigenvalue weighted by molar-refractivity contribution is 8.01. The molecule has 1 fully saturated rings. The Morgan fingerprint density at radius 3 is 2.07 bits per heavy atom. The number of benzene rings is 3. The summed E-state index contributed by atoms with van der Waals surface area (Å²) in [7, 11) is 0. The van der Waals surface area contributed by atoms with Gasteiger partial charge in [-0.2, -0.15) is 0 Å². The Balaban J connectivity index is 1.49. The zero-order valence-corrected chi connectivity index (χ0v) is 17.0. The van der Waals surface area contributed by atoms with Gasteiger partial charge in [0.15, 0.2) is 11.0 Å². The lowest BCUT2D eigenvalue weighted by atomic mass is 10.2. The summed E-state index contributed by atoms with van der Waals surface area (Å²) in [6, 6.07) is 29.6. The summed E-state index contributed by atoms with van der Waals surface area (Å²) in [6.07, 6.45) is 1.64. The molecule has 5 rings (SSSR count). The van der Waals surface area contributed by atoms with Crippen LogP contribution in [0, 0.1) is 0 Å². The normalized spacial score (nSPS) is 14.3. The maximum Gasteiger partial charge on any atom is 0.241 e. The highest BCUT2D eigenvalue weighted by Crippen LogP contribution is 2.52. The number of hydrogen-bond donors (Lipinski definition) is 1. The van der Waals surface area contributed by atoms with Crippen molar-refractivity contribution in [3.05, 3.63) is 91.0 Å². The van der Waals surface area contributed by atoms with Gasteiger partial charge in [-0.25, -0.2) is 0 Å². The van der Waals surface area contributed by atoms with E-state index < -0.39 is 4.75 Å². The van der Waals surface area contributed by atoms with Crippen LogP contribution in [0.4, 0.5) is 5.69 Å². The topological polar surface area (TPSA) is 59.8 Å². The Morgan fingerprint density at radius 1 is 0.833 bits per heavy atom. The SMILES string of the molecule is O=C(Nc1ccccc1)C1(Sc2nnc(-c3ccccc3)n2-c2ccccc2)CC1. The molecule has 6 heteroatoms. The van der Waals surface area contributed by atoms with Crippen molar-refractivity contribution in [3.63, 3.8) is 0 Å². The van der Waals surface area contributed by atoms with Crippen LogP contribution in [0.3, 0.4) is 0 Å². The molecule has 1 aliphatic rings. The lowest BCUT2D eigenvalue weighted by molar-refractivity contribution is -0.116. The number of amides is 1. The van der Waals surface area contributed by atoms with E-state index in [0.717, 1.165) is 40.8 Å². The number of para-hydroxylation sites is 2. The number of carbonyl (C=O) groups is 1. The molecule has 0 aliphatic heterocycles. The quantitative estimate of drug-likeness (QED) is 0.473. The molecule has 0 bridgehead atoms. The predicted octanol–water partition coefficient (Wildman–Crippen LogP) is 5.20. The minimum Gasteiger partial charge on any atom is -0.325 e. The average Bonchev–Trinajstić information content (AvgIpc) is 3.47. The van der Waals surface area contributed by atoms with Gasteiger partial charge >= 0.3 is 0 Å². The van der Waals surface area contributed by atoms with Crippen LogP contribution >= 0.6 is 11.8 Å². The van der Waals surface area contributed by atoms with Crippen LogP contribution in [0.5, 0.6) is 0 Å². The third kappa shape index (κ3) is 3.62. The van der Waals surface area contributed by atoms with Gasteiger partial charge in [0, 0.05) is 16.9 Å². The van der Waals surface area contributed by atoms with Crippen LogP contribution in [0.15, 0.2) is 96.2 Å². The van der Waals surface area contributed by atoms with Crippen molar-refractivity contribution in [1.82, 2.24) is 14.8 Å². The van der Waals surface area contributed by atoms with E-state index in [1.165, 1.54) is 11.8 Å². The van der Waals surface area contributed by atoms with Crippen molar-refractivity contribution in [2.24, 2.45) is 0 Å². The van der Waals surface area contributed by atoms with Crippen molar-refractivity contribution in [2.45, 2.75) is 22.7 Å². The maximum absolute atomic E-state index is 13.0. The van der Waals surface area contributed by atoms with Crippen molar-refractivity contribution < 1.29 is 4.79 Å². The van der Waals surface area contributed by atoms with Crippen LogP contribution in [-0.2, 0) is 4.79 Å². The molecule has 1 aliphatic carbocycles. The molecule has 0 atom stereocenters. The maximum atomic E-state index is 13.0. The second kappa shape index (κ2) is 7.80.